The molecule has 2 heterocycles. The third-order valence-corrected chi connectivity index (χ3v) is 2.86. The van der Waals surface area contributed by atoms with Gasteiger partial charge in [-0.2, -0.15) is 5.10 Å². The first-order chi connectivity index (χ1) is 10.1. The van der Waals surface area contributed by atoms with Crippen molar-refractivity contribution in [3.8, 4) is 5.82 Å². The predicted octanol–water partition coefficient (Wildman–Crippen LogP) is 1.15. The highest BCUT2D eigenvalue weighted by Crippen LogP contribution is 2.06. The zero-order valence-electron chi connectivity index (χ0n) is 12.5. The van der Waals surface area contributed by atoms with Gasteiger partial charge in [0.1, 0.15) is 5.82 Å². The number of nitrogens with zero attached hydrogens (tertiary/aromatic N) is 4. The standard InChI is InChI=1S/C14H20N6O/c1-10(2)14(21)16-8-7-15-12-4-5-13(18-17-12)20-9-6-11(3)19-20/h4-6,9-10H,7-8H2,1-3H3,(H,15,17)(H,16,21). The molecule has 0 saturated heterocycles. The molecule has 0 fully saturated rings. The average Bonchev–Trinajstić information content (AvgIpc) is 2.90. The lowest BCUT2D eigenvalue weighted by Gasteiger charge is -2.09. The second-order valence-electron chi connectivity index (χ2n) is 5.05. The molecule has 2 aromatic heterocycles. The maximum atomic E-state index is 11.4. The molecule has 0 aliphatic heterocycles. The predicted molar refractivity (Wildman–Crippen MR) is 80.2 cm³/mol. The SMILES string of the molecule is Cc1ccn(-c2ccc(NCCNC(=O)C(C)C)nn2)n1. The van der Waals surface area contributed by atoms with Crippen molar-refractivity contribution < 1.29 is 4.79 Å². The normalized spacial score (nSPS) is 10.7. The van der Waals surface area contributed by atoms with Crippen molar-refractivity contribution in [1.29, 1.82) is 0 Å². The monoisotopic (exact) mass is 288 g/mol. The number of aryl methyl sites for hydroxylation is 1. The molecule has 0 radical (unpaired) electrons. The maximum absolute atomic E-state index is 11.4. The average molecular weight is 288 g/mol. The summed E-state index contributed by atoms with van der Waals surface area (Å²) in [7, 11) is 0. The lowest BCUT2D eigenvalue weighted by Crippen LogP contribution is -2.32. The van der Waals surface area contributed by atoms with E-state index in [4.69, 9.17) is 0 Å². The number of rotatable bonds is 6. The molecular formula is C14H20N6O. The zero-order valence-corrected chi connectivity index (χ0v) is 12.5. The minimum absolute atomic E-state index is 0.00148. The molecule has 0 bridgehead atoms. The van der Waals surface area contributed by atoms with Gasteiger partial charge < -0.3 is 10.6 Å². The number of carbonyl (C=O) groups is 1. The quantitative estimate of drug-likeness (QED) is 0.779. The summed E-state index contributed by atoms with van der Waals surface area (Å²) < 4.78 is 1.68. The van der Waals surface area contributed by atoms with Crippen LogP contribution in [0.4, 0.5) is 5.82 Å². The van der Waals surface area contributed by atoms with E-state index < -0.39 is 0 Å². The van der Waals surface area contributed by atoms with Crippen LogP contribution in [0.25, 0.3) is 5.82 Å². The van der Waals surface area contributed by atoms with Gasteiger partial charge in [0, 0.05) is 25.2 Å². The van der Waals surface area contributed by atoms with Crippen LogP contribution in [0.3, 0.4) is 0 Å². The fourth-order valence-electron chi connectivity index (χ4n) is 1.66. The molecule has 7 heteroatoms. The Balaban J connectivity index is 1.81. The Bertz CT molecular complexity index is 590. The summed E-state index contributed by atoms with van der Waals surface area (Å²) in [5.74, 6) is 1.39. The van der Waals surface area contributed by atoms with Crippen molar-refractivity contribution in [2.75, 3.05) is 18.4 Å². The topological polar surface area (TPSA) is 84.7 Å². The van der Waals surface area contributed by atoms with E-state index in [2.05, 4.69) is 25.9 Å². The molecule has 1 amide bonds. The lowest BCUT2D eigenvalue weighted by molar-refractivity contribution is -0.123. The van der Waals surface area contributed by atoms with Crippen molar-refractivity contribution in [2.45, 2.75) is 20.8 Å². The van der Waals surface area contributed by atoms with Crippen molar-refractivity contribution in [3.05, 3.63) is 30.1 Å². The fourth-order valence-corrected chi connectivity index (χ4v) is 1.66. The summed E-state index contributed by atoms with van der Waals surface area (Å²) in [6, 6.07) is 5.59. The van der Waals surface area contributed by atoms with E-state index in [0.29, 0.717) is 24.7 Å². The highest BCUT2D eigenvalue weighted by Gasteiger charge is 2.05. The highest BCUT2D eigenvalue weighted by atomic mass is 16.1. The van der Waals surface area contributed by atoms with Crippen molar-refractivity contribution in [1.82, 2.24) is 25.3 Å². The van der Waals surface area contributed by atoms with E-state index in [1.807, 2.05) is 45.2 Å². The molecule has 2 N–H and O–H groups in total. The third-order valence-electron chi connectivity index (χ3n) is 2.86. The Morgan fingerprint density at radius 1 is 1.24 bits per heavy atom. The smallest absolute Gasteiger partial charge is 0.222 e. The van der Waals surface area contributed by atoms with Crippen LogP contribution in [0.2, 0.25) is 0 Å². The number of anilines is 1. The van der Waals surface area contributed by atoms with Crippen LogP contribution in [0.5, 0.6) is 0 Å². The molecule has 2 rings (SSSR count). The van der Waals surface area contributed by atoms with E-state index >= 15 is 0 Å². The van der Waals surface area contributed by atoms with Gasteiger partial charge in [-0.05, 0) is 25.1 Å². The first-order valence-electron chi connectivity index (χ1n) is 6.94. The summed E-state index contributed by atoms with van der Waals surface area (Å²) in [6.45, 7) is 6.81. The molecule has 0 aliphatic carbocycles. The van der Waals surface area contributed by atoms with E-state index in [0.717, 1.165) is 5.69 Å². The van der Waals surface area contributed by atoms with Gasteiger partial charge in [-0.3, -0.25) is 4.79 Å². The Kier molecular flexibility index (Phi) is 4.86. The van der Waals surface area contributed by atoms with Gasteiger partial charge in [0.15, 0.2) is 5.82 Å². The van der Waals surface area contributed by atoms with E-state index in [1.54, 1.807) is 4.68 Å². The number of aromatic nitrogens is 4. The van der Waals surface area contributed by atoms with Crippen LogP contribution in [-0.2, 0) is 4.79 Å². The molecule has 112 valence electrons. The molecule has 2 aromatic rings. The van der Waals surface area contributed by atoms with Gasteiger partial charge >= 0.3 is 0 Å². The van der Waals surface area contributed by atoms with Crippen LogP contribution in [0, 0.1) is 12.8 Å². The minimum atomic E-state index is 0.00148. The van der Waals surface area contributed by atoms with E-state index in [9.17, 15) is 4.79 Å². The number of hydrogen-bond donors (Lipinski definition) is 2. The first-order valence-corrected chi connectivity index (χ1v) is 6.94. The number of amides is 1. The summed E-state index contributed by atoms with van der Waals surface area (Å²) >= 11 is 0. The number of nitrogens with one attached hydrogen (secondary N) is 2. The molecule has 0 unspecified atom stereocenters. The fraction of sp³-hybridized carbons (Fsp3) is 0.429. The summed E-state index contributed by atoms with van der Waals surface area (Å²) in [4.78, 5) is 11.4. The molecule has 0 saturated carbocycles. The van der Waals surface area contributed by atoms with Gasteiger partial charge in [-0.1, -0.05) is 13.8 Å². The molecule has 0 aromatic carbocycles. The van der Waals surface area contributed by atoms with Gasteiger partial charge in [0.05, 0.1) is 5.69 Å². The third kappa shape index (κ3) is 4.27. The Morgan fingerprint density at radius 3 is 2.62 bits per heavy atom. The summed E-state index contributed by atoms with van der Waals surface area (Å²) in [5, 5.41) is 18.4. The van der Waals surface area contributed by atoms with Gasteiger partial charge in [0.2, 0.25) is 5.91 Å². The van der Waals surface area contributed by atoms with E-state index in [-0.39, 0.29) is 11.8 Å². The van der Waals surface area contributed by atoms with E-state index in [1.165, 1.54) is 0 Å². The Hall–Kier alpha value is -2.44. The van der Waals surface area contributed by atoms with Gasteiger partial charge in [0.25, 0.3) is 0 Å². The van der Waals surface area contributed by atoms with Crippen LogP contribution in [0.15, 0.2) is 24.4 Å². The Labute approximate surface area is 123 Å². The van der Waals surface area contributed by atoms with Crippen LogP contribution >= 0.6 is 0 Å². The zero-order chi connectivity index (χ0) is 15.2. The summed E-state index contributed by atoms with van der Waals surface area (Å²) in [6.07, 6.45) is 1.84. The highest BCUT2D eigenvalue weighted by molar-refractivity contribution is 5.77. The largest absolute Gasteiger partial charge is 0.367 e. The number of carbonyl (C=O) groups excluding carboxylic acids is 1. The molecule has 0 atom stereocenters. The first kappa shape index (κ1) is 15.0. The molecule has 0 aliphatic rings. The van der Waals surface area contributed by atoms with Crippen molar-refractivity contribution in [3.63, 3.8) is 0 Å². The van der Waals surface area contributed by atoms with Crippen LogP contribution in [0.1, 0.15) is 19.5 Å². The van der Waals surface area contributed by atoms with Crippen molar-refractivity contribution in [2.24, 2.45) is 5.92 Å². The second kappa shape index (κ2) is 6.83. The second-order valence-corrected chi connectivity index (χ2v) is 5.05. The van der Waals surface area contributed by atoms with Gasteiger partial charge in [-0.25, -0.2) is 4.68 Å². The van der Waals surface area contributed by atoms with Crippen molar-refractivity contribution >= 4 is 11.7 Å². The lowest BCUT2D eigenvalue weighted by atomic mass is 10.2. The minimum Gasteiger partial charge on any atom is -0.367 e. The summed E-state index contributed by atoms with van der Waals surface area (Å²) in [5.41, 5.74) is 0.930. The maximum Gasteiger partial charge on any atom is 0.222 e. The molecule has 7 nitrogen and oxygen atoms in total. The Morgan fingerprint density at radius 2 is 2.05 bits per heavy atom. The van der Waals surface area contributed by atoms with Crippen LogP contribution in [-0.4, -0.2) is 39.0 Å². The van der Waals surface area contributed by atoms with Gasteiger partial charge in [-0.15, -0.1) is 10.2 Å². The molecule has 0 spiro atoms. The molecular weight excluding hydrogens is 268 g/mol. The molecule has 21 heavy (non-hydrogen) atoms. The number of hydrogen-bond acceptors (Lipinski definition) is 5. The van der Waals surface area contributed by atoms with Crippen LogP contribution < -0.4 is 10.6 Å².